The smallest absolute Gasteiger partial charge is 0.225 e. The molecule has 0 aliphatic heterocycles. The largest absolute Gasteiger partial charge is 0.346 e. The molecular formula is C5H9FO. The predicted molar refractivity (Wildman–Crippen MR) is 26.7 cm³/mol. The fourth-order valence-electron chi connectivity index (χ4n) is 0.0833. The van der Waals surface area contributed by atoms with Crippen molar-refractivity contribution in [3.05, 3.63) is 12.7 Å². The number of hydrogen-bond donors (Lipinski definition) is 0. The topological polar surface area (TPSA) is 9.23 Å². The minimum atomic E-state index is -1.65. The molecule has 0 saturated heterocycles. The van der Waals surface area contributed by atoms with Gasteiger partial charge >= 0.3 is 0 Å². The summed E-state index contributed by atoms with van der Waals surface area (Å²) in [6.45, 7) is 4.49. The number of alkyl halides is 1. The Kier molecular flexibility index (Phi) is 1.96. The molecule has 0 aromatic heterocycles. The molecule has 0 rings (SSSR count). The van der Waals surface area contributed by atoms with Gasteiger partial charge in [0.25, 0.3) is 0 Å². The Morgan fingerprint density at radius 2 is 2.29 bits per heavy atom. The van der Waals surface area contributed by atoms with E-state index in [1.807, 2.05) is 0 Å². The molecule has 1 atom stereocenters. The summed E-state index contributed by atoms with van der Waals surface area (Å²) in [6, 6.07) is 0. The zero-order chi connectivity index (χ0) is 5.91. The van der Waals surface area contributed by atoms with Crippen molar-refractivity contribution in [3.63, 3.8) is 0 Å². The van der Waals surface area contributed by atoms with Gasteiger partial charge in [-0.1, -0.05) is 6.58 Å². The molecule has 0 bridgehead atoms. The maximum absolute atomic E-state index is 12.2. The molecule has 0 spiro atoms. The van der Waals surface area contributed by atoms with Crippen LogP contribution < -0.4 is 0 Å². The van der Waals surface area contributed by atoms with Crippen molar-refractivity contribution in [2.75, 3.05) is 7.11 Å². The Balaban J connectivity index is 3.58. The number of methoxy groups -OCH3 is 1. The van der Waals surface area contributed by atoms with Gasteiger partial charge in [0, 0.05) is 7.11 Å². The Labute approximate surface area is 42.8 Å². The summed E-state index contributed by atoms with van der Waals surface area (Å²) in [5, 5.41) is 0. The van der Waals surface area contributed by atoms with Crippen LogP contribution in [-0.2, 0) is 4.74 Å². The van der Waals surface area contributed by atoms with Crippen LogP contribution in [0.4, 0.5) is 4.39 Å². The van der Waals surface area contributed by atoms with Gasteiger partial charge < -0.3 is 4.74 Å². The lowest BCUT2D eigenvalue weighted by Gasteiger charge is -2.10. The van der Waals surface area contributed by atoms with Crippen LogP contribution in [0.1, 0.15) is 6.92 Å². The number of hydrogen-bond acceptors (Lipinski definition) is 1. The Hall–Kier alpha value is -0.370. The van der Waals surface area contributed by atoms with Crippen molar-refractivity contribution in [1.82, 2.24) is 0 Å². The van der Waals surface area contributed by atoms with E-state index in [0.29, 0.717) is 0 Å². The third kappa shape index (κ3) is 2.34. The lowest BCUT2D eigenvalue weighted by atomic mass is 10.4. The van der Waals surface area contributed by atoms with E-state index in [9.17, 15) is 4.39 Å². The van der Waals surface area contributed by atoms with E-state index in [1.165, 1.54) is 14.0 Å². The SMILES string of the molecule is C=CC(C)(F)OC. The van der Waals surface area contributed by atoms with Crippen molar-refractivity contribution in [2.45, 2.75) is 12.8 Å². The summed E-state index contributed by atoms with van der Waals surface area (Å²) in [7, 11) is 1.29. The maximum atomic E-state index is 12.2. The van der Waals surface area contributed by atoms with Gasteiger partial charge in [0.2, 0.25) is 5.85 Å². The first-order chi connectivity index (χ1) is 3.12. The highest BCUT2D eigenvalue weighted by atomic mass is 19.2. The molecular weight excluding hydrogens is 95.1 g/mol. The second-order valence-electron chi connectivity index (χ2n) is 1.39. The lowest BCUT2D eigenvalue weighted by Crippen LogP contribution is -2.15. The second kappa shape index (κ2) is 2.07. The molecule has 0 N–H and O–H groups in total. The molecule has 1 unspecified atom stereocenters. The minimum Gasteiger partial charge on any atom is -0.346 e. The first kappa shape index (κ1) is 6.63. The van der Waals surface area contributed by atoms with E-state index < -0.39 is 5.85 Å². The number of ether oxygens (including phenoxy) is 1. The Bertz CT molecular complexity index is 68.5. The summed E-state index contributed by atoms with van der Waals surface area (Å²) in [5.74, 6) is -1.65. The van der Waals surface area contributed by atoms with Gasteiger partial charge in [-0.25, -0.2) is 4.39 Å². The summed E-state index contributed by atoms with van der Waals surface area (Å²) in [6.07, 6.45) is 1.10. The fraction of sp³-hybridized carbons (Fsp3) is 0.600. The monoisotopic (exact) mass is 104 g/mol. The fourth-order valence-corrected chi connectivity index (χ4v) is 0.0833. The highest BCUT2D eigenvalue weighted by Gasteiger charge is 2.14. The van der Waals surface area contributed by atoms with Crippen molar-refractivity contribution < 1.29 is 9.13 Å². The Morgan fingerprint density at radius 1 is 1.86 bits per heavy atom. The molecule has 0 aliphatic carbocycles. The zero-order valence-electron chi connectivity index (χ0n) is 4.57. The van der Waals surface area contributed by atoms with Crippen molar-refractivity contribution in [2.24, 2.45) is 0 Å². The molecule has 0 fully saturated rings. The third-order valence-electron chi connectivity index (χ3n) is 0.764. The maximum Gasteiger partial charge on any atom is 0.225 e. The molecule has 0 aliphatic rings. The molecule has 0 amide bonds. The normalized spacial score (nSPS) is 18.1. The Morgan fingerprint density at radius 3 is 2.29 bits per heavy atom. The first-order valence-electron chi connectivity index (χ1n) is 2.00. The van der Waals surface area contributed by atoms with Gasteiger partial charge in [-0.05, 0) is 13.0 Å². The van der Waals surface area contributed by atoms with Crippen LogP contribution in [-0.4, -0.2) is 13.0 Å². The van der Waals surface area contributed by atoms with Crippen LogP contribution in [0, 0.1) is 0 Å². The molecule has 7 heavy (non-hydrogen) atoms. The quantitative estimate of drug-likeness (QED) is 0.482. The average molecular weight is 104 g/mol. The van der Waals surface area contributed by atoms with Crippen LogP contribution >= 0.6 is 0 Å². The lowest BCUT2D eigenvalue weighted by molar-refractivity contribution is -0.0623. The molecule has 0 heterocycles. The van der Waals surface area contributed by atoms with Crippen molar-refractivity contribution in [1.29, 1.82) is 0 Å². The predicted octanol–water partition coefficient (Wildman–Crippen LogP) is 1.50. The molecule has 0 aromatic rings. The van der Waals surface area contributed by atoms with Crippen LogP contribution in [0.15, 0.2) is 12.7 Å². The first-order valence-corrected chi connectivity index (χ1v) is 2.00. The highest BCUT2D eigenvalue weighted by Crippen LogP contribution is 2.09. The molecule has 1 nitrogen and oxygen atoms in total. The second-order valence-corrected chi connectivity index (χ2v) is 1.39. The van der Waals surface area contributed by atoms with E-state index in [-0.39, 0.29) is 0 Å². The van der Waals surface area contributed by atoms with Crippen LogP contribution in [0.25, 0.3) is 0 Å². The summed E-state index contributed by atoms with van der Waals surface area (Å²) in [5.41, 5.74) is 0. The van der Waals surface area contributed by atoms with Crippen molar-refractivity contribution in [3.8, 4) is 0 Å². The van der Waals surface area contributed by atoms with E-state index in [4.69, 9.17) is 0 Å². The minimum absolute atomic E-state index is 1.10. The van der Waals surface area contributed by atoms with Crippen LogP contribution in [0.5, 0.6) is 0 Å². The van der Waals surface area contributed by atoms with E-state index in [0.717, 1.165) is 6.08 Å². The summed E-state index contributed by atoms with van der Waals surface area (Å²) >= 11 is 0. The van der Waals surface area contributed by atoms with Crippen LogP contribution in [0.3, 0.4) is 0 Å². The van der Waals surface area contributed by atoms with Gasteiger partial charge in [0.05, 0.1) is 0 Å². The van der Waals surface area contributed by atoms with Gasteiger partial charge in [-0.3, -0.25) is 0 Å². The standard InChI is InChI=1S/C5H9FO/c1-4-5(2,6)7-3/h4H,1H2,2-3H3. The van der Waals surface area contributed by atoms with E-state index in [1.54, 1.807) is 0 Å². The molecule has 42 valence electrons. The van der Waals surface area contributed by atoms with E-state index >= 15 is 0 Å². The van der Waals surface area contributed by atoms with Gasteiger partial charge in [-0.15, -0.1) is 0 Å². The van der Waals surface area contributed by atoms with Crippen molar-refractivity contribution >= 4 is 0 Å². The zero-order valence-corrected chi connectivity index (χ0v) is 4.57. The molecule has 2 heteroatoms. The van der Waals surface area contributed by atoms with Gasteiger partial charge in [0.1, 0.15) is 0 Å². The number of halogens is 1. The molecule has 0 saturated carbocycles. The third-order valence-corrected chi connectivity index (χ3v) is 0.764. The number of rotatable bonds is 2. The molecule has 0 radical (unpaired) electrons. The van der Waals surface area contributed by atoms with Gasteiger partial charge in [-0.2, -0.15) is 0 Å². The van der Waals surface area contributed by atoms with Crippen LogP contribution in [0.2, 0.25) is 0 Å². The van der Waals surface area contributed by atoms with Gasteiger partial charge in [0.15, 0.2) is 0 Å². The summed E-state index contributed by atoms with van der Waals surface area (Å²) in [4.78, 5) is 0. The summed E-state index contributed by atoms with van der Waals surface area (Å²) < 4.78 is 16.5. The molecule has 0 aromatic carbocycles. The van der Waals surface area contributed by atoms with E-state index in [2.05, 4.69) is 11.3 Å². The average Bonchev–Trinajstić information content (AvgIpc) is 1.68. The highest BCUT2D eigenvalue weighted by molar-refractivity contribution is 4.82.